The maximum Gasteiger partial charge on any atom is 0.246 e. The molecule has 2 amide bonds. The van der Waals surface area contributed by atoms with Crippen LogP contribution in [-0.4, -0.2) is 105 Å². The van der Waals surface area contributed by atoms with E-state index in [1.54, 1.807) is 11.8 Å². The molecule has 0 fully saturated rings. The van der Waals surface area contributed by atoms with E-state index in [2.05, 4.69) is 106 Å². The number of H-pyrrole nitrogens is 1. The molecule has 0 saturated heterocycles. The van der Waals surface area contributed by atoms with Crippen molar-refractivity contribution in [2.75, 3.05) is 51.9 Å². The number of amides is 2. The number of thioether (sulfide) groups is 1. The Morgan fingerprint density at radius 2 is 1.35 bits per heavy atom. The summed E-state index contributed by atoms with van der Waals surface area (Å²) < 4.78 is 17.1. The first kappa shape index (κ1) is 58.9. The zero-order valence-electron chi connectivity index (χ0n) is 44.6. The van der Waals surface area contributed by atoms with Gasteiger partial charge in [-0.25, -0.2) is 0 Å². The topological polar surface area (TPSA) is 185 Å². The van der Waals surface area contributed by atoms with Gasteiger partial charge in [0.1, 0.15) is 19.0 Å². The number of nitrogens with zero attached hydrogens (tertiary/aromatic N) is 3. The molecule has 4 aromatic carbocycles. The van der Waals surface area contributed by atoms with Crippen LogP contribution in [0.1, 0.15) is 85.9 Å². The van der Waals surface area contributed by atoms with E-state index in [9.17, 15) is 19.2 Å². The maximum absolute atomic E-state index is 14.7. The second-order valence-corrected chi connectivity index (χ2v) is 27.5. The molecule has 0 bridgehead atoms. The molecular formula is C59H76N6O7SSi. The number of carbonyl (C=O) groups excluding carboxylic acids is 4. The van der Waals surface area contributed by atoms with Gasteiger partial charge in [0, 0.05) is 57.5 Å². The van der Waals surface area contributed by atoms with Crippen LogP contribution in [0.2, 0.25) is 5.04 Å². The lowest BCUT2D eigenvalue weighted by atomic mass is 9.78. The standard InChI is InChI=1S/C59H76N6O7SSi/c1-57(2,3)73-43-52(63-55(68)42-72-36-35-71-34-33-70-32-21-37-74(58(4,5)6,48-25-14-10-15-26-48)49-27-16-11-17-28-49)54(67)41-46(40-47-39-45-24-18-19-29-51(45)62-47)56(69)64-59(7,8)50(38-44-22-12-9-13-23-44)53(66)30-20-31-61-65-60/h9-19,22-29,39,46,50,52,62H,20,30-36,38,40-43H2,1-8H3,(H,63,68)(H,64,69)/t46-,50+,52+/m1/s1. The number of Topliss-reactive ketones (excluding diaryl/α,β-unsaturated/α-hetero) is 2. The first-order valence-electron chi connectivity index (χ1n) is 25.6. The lowest BCUT2D eigenvalue weighted by Gasteiger charge is -2.39. The summed E-state index contributed by atoms with van der Waals surface area (Å²) in [6, 6.07) is 39.6. The molecule has 0 spiro atoms. The van der Waals surface area contributed by atoms with Crippen LogP contribution < -0.4 is 21.0 Å². The predicted molar refractivity (Wildman–Crippen MR) is 301 cm³/mol. The fourth-order valence-electron chi connectivity index (χ4n) is 9.14. The number of nitrogens with one attached hydrogen (secondary N) is 3. The minimum atomic E-state index is -2.52. The number of aromatic amines is 1. The lowest BCUT2D eigenvalue weighted by molar-refractivity contribution is -0.134. The number of azide groups is 1. The Hall–Kier alpha value is -5.98. The Balaban J connectivity index is 1.19. The highest BCUT2D eigenvalue weighted by molar-refractivity contribution is 8.00. The highest BCUT2D eigenvalue weighted by atomic mass is 32.2. The van der Waals surface area contributed by atoms with Crippen molar-refractivity contribution in [2.24, 2.45) is 17.0 Å². The minimum Gasteiger partial charge on any atom is -0.377 e. The molecule has 0 saturated carbocycles. The number of ether oxygens (including phenoxy) is 3. The van der Waals surface area contributed by atoms with Crippen molar-refractivity contribution in [3.05, 3.63) is 143 Å². The molecule has 5 aromatic rings. The Morgan fingerprint density at radius 3 is 1.96 bits per heavy atom. The van der Waals surface area contributed by atoms with Gasteiger partial charge in [-0.3, -0.25) is 19.2 Å². The number of para-hydroxylation sites is 1. The molecule has 13 nitrogen and oxygen atoms in total. The highest BCUT2D eigenvalue weighted by Gasteiger charge is 2.47. The van der Waals surface area contributed by atoms with Gasteiger partial charge < -0.3 is 29.8 Å². The van der Waals surface area contributed by atoms with Gasteiger partial charge in [0.25, 0.3) is 0 Å². The van der Waals surface area contributed by atoms with E-state index < -0.39 is 37.4 Å². The van der Waals surface area contributed by atoms with Crippen molar-refractivity contribution >= 4 is 64.5 Å². The molecule has 0 aliphatic carbocycles. The molecule has 394 valence electrons. The summed E-state index contributed by atoms with van der Waals surface area (Å²) in [5.74, 6) is 0.975. The number of aromatic nitrogens is 1. The Bertz CT molecular complexity index is 2610. The summed E-state index contributed by atoms with van der Waals surface area (Å²) in [6.07, 6.45) is 0.975. The Kier molecular flexibility index (Phi) is 22.8. The fourth-order valence-corrected chi connectivity index (χ4v) is 14.5. The van der Waals surface area contributed by atoms with Crippen molar-refractivity contribution in [3.8, 4) is 11.5 Å². The van der Waals surface area contributed by atoms with Crippen molar-refractivity contribution in [2.45, 2.75) is 109 Å². The molecule has 0 radical (unpaired) electrons. The number of rotatable bonds is 29. The van der Waals surface area contributed by atoms with E-state index in [-0.39, 0.29) is 85.2 Å². The summed E-state index contributed by atoms with van der Waals surface area (Å²) in [4.78, 5) is 62.7. The third kappa shape index (κ3) is 18.1. The summed E-state index contributed by atoms with van der Waals surface area (Å²) in [7, 11) is -2.52. The molecule has 3 N–H and O–H groups in total. The summed E-state index contributed by atoms with van der Waals surface area (Å²) in [6.45, 7) is 17.8. The average Bonchev–Trinajstić information content (AvgIpc) is 3.78. The van der Waals surface area contributed by atoms with Gasteiger partial charge in [0.15, 0.2) is 5.78 Å². The third-order valence-corrected chi connectivity index (χ3v) is 19.5. The number of hydrogen-bond acceptors (Lipinski definition) is 9. The lowest BCUT2D eigenvalue weighted by Crippen LogP contribution is -2.63. The molecule has 1 aromatic heterocycles. The molecule has 0 unspecified atom stereocenters. The zero-order valence-corrected chi connectivity index (χ0v) is 46.4. The van der Waals surface area contributed by atoms with Gasteiger partial charge in [-0.05, 0) is 77.1 Å². The van der Waals surface area contributed by atoms with Crippen LogP contribution in [0.25, 0.3) is 21.3 Å². The van der Waals surface area contributed by atoms with E-state index in [0.29, 0.717) is 26.1 Å². The van der Waals surface area contributed by atoms with Crippen LogP contribution in [0.3, 0.4) is 0 Å². The van der Waals surface area contributed by atoms with E-state index in [1.165, 1.54) is 10.4 Å². The second-order valence-electron chi connectivity index (χ2n) is 21.2. The third-order valence-electron chi connectivity index (χ3n) is 13.0. The van der Waals surface area contributed by atoms with Crippen LogP contribution in [0, 0.1) is 23.3 Å². The maximum atomic E-state index is 14.7. The smallest absolute Gasteiger partial charge is 0.246 e. The molecule has 74 heavy (non-hydrogen) atoms. The quantitative estimate of drug-likeness (QED) is 0.0106. The number of hydrogen-bond donors (Lipinski definition) is 3. The van der Waals surface area contributed by atoms with E-state index >= 15 is 0 Å². The van der Waals surface area contributed by atoms with Crippen molar-refractivity contribution in [1.82, 2.24) is 15.6 Å². The zero-order chi connectivity index (χ0) is 53.6. The van der Waals surface area contributed by atoms with E-state index in [4.69, 9.17) is 19.7 Å². The molecule has 0 aliphatic rings. The van der Waals surface area contributed by atoms with Gasteiger partial charge >= 0.3 is 0 Å². The first-order chi connectivity index (χ1) is 35.3. The van der Waals surface area contributed by atoms with Gasteiger partial charge in [-0.2, -0.15) is 11.8 Å². The molecule has 15 heteroatoms. The van der Waals surface area contributed by atoms with Crippen LogP contribution in [0.4, 0.5) is 0 Å². The second kappa shape index (κ2) is 28.6. The normalized spacial score (nSPS) is 13.2. The monoisotopic (exact) mass is 1040 g/mol. The van der Waals surface area contributed by atoms with Crippen LogP contribution in [-0.2, 0) is 46.2 Å². The Labute approximate surface area is 443 Å². The number of carbonyl (C=O) groups is 4. The molecule has 0 aliphatic heterocycles. The van der Waals surface area contributed by atoms with Crippen LogP contribution in [0.15, 0.2) is 126 Å². The SMILES string of the molecule is CC(C)(C)SC[C@H](NC(=O)COCCOCCOCC#C[Si](c1ccccc1)(c1ccccc1)C(C)(C)C)C(=O)C[C@@H](Cc1cc2ccccc2[nH]1)C(=O)NC(C)(C)[C@@H](Cc1ccccc1)C(=O)CCCN=[N+]=[N-]. The summed E-state index contributed by atoms with van der Waals surface area (Å²) in [5, 5.41) is 13.1. The molecule has 1 heterocycles. The van der Waals surface area contributed by atoms with Gasteiger partial charge in [-0.1, -0.05) is 162 Å². The van der Waals surface area contributed by atoms with Gasteiger partial charge in [0.05, 0.1) is 38.4 Å². The first-order valence-corrected chi connectivity index (χ1v) is 28.6. The fraction of sp³-hybridized carbons (Fsp3) is 0.458. The average molecular weight is 1040 g/mol. The Morgan fingerprint density at radius 1 is 0.757 bits per heavy atom. The number of benzene rings is 4. The predicted octanol–water partition coefficient (Wildman–Crippen LogP) is 9.37. The summed E-state index contributed by atoms with van der Waals surface area (Å²) >= 11 is 1.54. The van der Waals surface area contributed by atoms with E-state index in [1.807, 2.05) is 107 Å². The van der Waals surface area contributed by atoms with E-state index in [0.717, 1.165) is 22.2 Å². The van der Waals surface area contributed by atoms with Crippen molar-refractivity contribution in [3.63, 3.8) is 0 Å². The number of fused-ring (bicyclic) bond motifs is 1. The van der Waals surface area contributed by atoms with Crippen molar-refractivity contribution in [1.29, 1.82) is 0 Å². The van der Waals surface area contributed by atoms with Gasteiger partial charge in [0.2, 0.25) is 19.9 Å². The molecular weight excluding hydrogens is 965 g/mol. The van der Waals surface area contributed by atoms with Gasteiger partial charge in [-0.15, -0.1) is 5.54 Å². The molecule has 3 atom stereocenters. The highest BCUT2D eigenvalue weighted by Crippen LogP contribution is 2.35. The van der Waals surface area contributed by atoms with Crippen molar-refractivity contribution < 1.29 is 33.4 Å². The largest absolute Gasteiger partial charge is 0.377 e. The van der Waals surface area contributed by atoms with Crippen LogP contribution >= 0.6 is 11.8 Å². The molecule has 5 rings (SSSR count). The van der Waals surface area contributed by atoms with Crippen LogP contribution in [0.5, 0.6) is 0 Å². The minimum absolute atomic E-state index is 0.0654. The number of ketones is 2. The summed E-state index contributed by atoms with van der Waals surface area (Å²) in [5.41, 5.74) is 14.1.